The zero-order chi connectivity index (χ0) is 20.9. The number of rotatable bonds is 5. The molecule has 1 aromatic heterocycles. The molecule has 30 heavy (non-hydrogen) atoms. The van der Waals surface area contributed by atoms with Gasteiger partial charge in [0.1, 0.15) is 17.5 Å². The smallest absolute Gasteiger partial charge is 0.322 e. The van der Waals surface area contributed by atoms with Crippen LogP contribution in [0, 0.1) is 0 Å². The Morgan fingerprint density at radius 1 is 1.13 bits per heavy atom. The highest BCUT2D eigenvalue weighted by molar-refractivity contribution is 5.91. The van der Waals surface area contributed by atoms with Gasteiger partial charge in [0.25, 0.3) is 0 Å². The van der Waals surface area contributed by atoms with E-state index in [1.54, 1.807) is 37.3 Å². The Labute approximate surface area is 174 Å². The molecule has 8 nitrogen and oxygen atoms in total. The van der Waals surface area contributed by atoms with Gasteiger partial charge in [-0.25, -0.2) is 4.79 Å². The third kappa shape index (κ3) is 4.07. The second kappa shape index (κ2) is 8.86. The summed E-state index contributed by atoms with van der Waals surface area (Å²) in [5.41, 5.74) is 1.45. The van der Waals surface area contributed by atoms with Gasteiger partial charge in [0.2, 0.25) is 11.7 Å². The molecule has 1 saturated heterocycles. The van der Waals surface area contributed by atoms with E-state index in [0.717, 1.165) is 24.8 Å². The minimum Gasteiger partial charge on any atom is -0.497 e. The van der Waals surface area contributed by atoms with E-state index in [2.05, 4.69) is 15.5 Å². The van der Waals surface area contributed by atoms with Crippen LogP contribution >= 0.6 is 0 Å². The number of aromatic nitrogens is 2. The topological polar surface area (TPSA) is 89.7 Å². The van der Waals surface area contributed by atoms with E-state index in [4.69, 9.17) is 14.0 Å². The quantitative estimate of drug-likeness (QED) is 0.668. The SMILES string of the molecule is COc1ccc(NC(=O)N2CCCC[C@@H]2c2nc(-c3ccccc3)no2)c(OC)c1. The van der Waals surface area contributed by atoms with E-state index in [1.165, 1.54) is 0 Å². The van der Waals surface area contributed by atoms with Crippen molar-refractivity contribution < 1.29 is 18.8 Å². The highest BCUT2D eigenvalue weighted by Crippen LogP contribution is 2.33. The summed E-state index contributed by atoms with van der Waals surface area (Å²) < 4.78 is 16.1. The maximum absolute atomic E-state index is 13.1. The minimum atomic E-state index is -0.270. The van der Waals surface area contributed by atoms with Gasteiger partial charge in [0.15, 0.2) is 0 Å². The van der Waals surface area contributed by atoms with Crippen LogP contribution in [0.1, 0.15) is 31.2 Å². The Hall–Kier alpha value is -3.55. The van der Waals surface area contributed by atoms with Crippen LogP contribution in [0.2, 0.25) is 0 Å². The Kier molecular flexibility index (Phi) is 5.83. The summed E-state index contributed by atoms with van der Waals surface area (Å²) in [6.07, 6.45) is 2.68. The first kappa shape index (κ1) is 19.8. The standard InChI is InChI=1S/C22H24N4O4/c1-28-16-11-12-17(19(14-16)29-2)23-22(27)26-13-7-6-10-18(26)21-24-20(25-30-21)15-8-4-3-5-9-15/h3-5,8-9,11-12,14,18H,6-7,10,13H2,1-2H3,(H,23,27)/t18-/m1/s1. The molecule has 0 bridgehead atoms. The van der Waals surface area contributed by atoms with Crippen molar-refractivity contribution in [3.05, 3.63) is 54.4 Å². The Morgan fingerprint density at radius 2 is 1.97 bits per heavy atom. The number of nitrogens with one attached hydrogen (secondary N) is 1. The van der Waals surface area contributed by atoms with E-state index in [9.17, 15) is 4.79 Å². The number of ether oxygens (including phenoxy) is 2. The highest BCUT2D eigenvalue weighted by Gasteiger charge is 2.32. The predicted octanol–water partition coefficient (Wildman–Crippen LogP) is 4.51. The number of anilines is 1. The average Bonchev–Trinajstić information content (AvgIpc) is 3.30. The van der Waals surface area contributed by atoms with Crippen LogP contribution in [0.15, 0.2) is 53.1 Å². The van der Waals surface area contributed by atoms with Gasteiger partial charge in [0, 0.05) is 18.2 Å². The fourth-order valence-corrected chi connectivity index (χ4v) is 3.60. The number of hydrogen-bond donors (Lipinski definition) is 1. The molecule has 1 aliphatic heterocycles. The first-order chi connectivity index (χ1) is 14.7. The molecule has 8 heteroatoms. The lowest BCUT2D eigenvalue weighted by molar-refractivity contribution is 0.142. The van der Waals surface area contributed by atoms with E-state index in [-0.39, 0.29) is 12.1 Å². The normalized spacial score (nSPS) is 16.2. The minimum absolute atomic E-state index is 0.234. The number of carbonyl (C=O) groups is 1. The maximum Gasteiger partial charge on any atom is 0.322 e. The number of carbonyl (C=O) groups excluding carboxylic acids is 1. The van der Waals surface area contributed by atoms with Gasteiger partial charge < -0.3 is 24.2 Å². The summed E-state index contributed by atoms with van der Waals surface area (Å²) in [6.45, 7) is 0.609. The molecule has 4 rings (SSSR count). The largest absolute Gasteiger partial charge is 0.497 e. The monoisotopic (exact) mass is 408 g/mol. The van der Waals surface area contributed by atoms with Crippen molar-refractivity contribution in [2.24, 2.45) is 0 Å². The van der Waals surface area contributed by atoms with E-state index < -0.39 is 0 Å². The van der Waals surface area contributed by atoms with Crippen LogP contribution in [0.3, 0.4) is 0 Å². The predicted molar refractivity (Wildman–Crippen MR) is 112 cm³/mol. The molecule has 1 N–H and O–H groups in total. The lowest BCUT2D eigenvalue weighted by Crippen LogP contribution is -2.41. The Balaban J connectivity index is 1.54. The summed E-state index contributed by atoms with van der Waals surface area (Å²) in [7, 11) is 3.14. The Morgan fingerprint density at radius 3 is 2.73 bits per heavy atom. The molecular weight excluding hydrogens is 384 g/mol. The van der Waals surface area contributed by atoms with Crippen molar-refractivity contribution >= 4 is 11.7 Å². The molecule has 0 unspecified atom stereocenters. The van der Waals surface area contributed by atoms with Crippen molar-refractivity contribution in [1.29, 1.82) is 0 Å². The summed E-state index contributed by atoms with van der Waals surface area (Å²) in [5, 5.41) is 7.04. The number of benzene rings is 2. The van der Waals surface area contributed by atoms with Crippen molar-refractivity contribution in [1.82, 2.24) is 15.0 Å². The maximum atomic E-state index is 13.1. The third-order valence-electron chi connectivity index (χ3n) is 5.17. The van der Waals surface area contributed by atoms with Crippen molar-refractivity contribution in [3.8, 4) is 22.9 Å². The lowest BCUT2D eigenvalue weighted by atomic mass is 10.0. The second-order valence-corrected chi connectivity index (χ2v) is 7.02. The number of methoxy groups -OCH3 is 2. The fourth-order valence-electron chi connectivity index (χ4n) is 3.60. The summed E-state index contributed by atoms with van der Waals surface area (Å²) in [4.78, 5) is 19.4. The first-order valence-corrected chi connectivity index (χ1v) is 9.88. The van der Waals surface area contributed by atoms with Gasteiger partial charge in [0.05, 0.1) is 19.9 Å². The van der Waals surface area contributed by atoms with Crippen molar-refractivity contribution in [3.63, 3.8) is 0 Å². The number of nitrogens with zero attached hydrogens (tertiary/aromatic N) is 3. The van der Waals surface area contributed by atoms with Gasteiger partial charge in [-0.15, -0.1) is 0 Å². The molecular formula is C22H24N4O4. The molecule has 2 amide bonds. The number of hydrogen-bond acceptors (Lipinski definition) is 6. The number of amides is 2. The van der Waals surface area contributed by atoms with Gasteiger partial charge in [-0.3, -0.25) is 0 Å². The number of piperidine rings is 1. The summed E-state index contributed by atoms with van der Waals surface area (Å²) in [5.74, 6) is 2.15. The molecule has 1 atom stereocenters. The van der Waals surface area contributed by atoms with Crippen LogP contribution in [0.25, 0.3) is 11.4 Å². The Bertz CT molecular complexity index is 1010. The van der Waals surface area contributed by atoms with Crippen LogP contribution in [0.5, 0.6) is 11.5 Å². The van der Waals surface area contributed by atoms with E-state index >= 15 is 0 Å². The molecule has 156 valence electrons. The van der Waals surface area contributed by atoms with E-state index in [0.29, 0.717) is 35.4 Å². The van der Waals surface area contributed by atoms with Crippen LogP contribution < -0.4 is 14.8 Å². The summed E-state index contributed by atoms with van der Waals surface area (Å²) in [6, 6.07) is 14.4. The van der Waals surface area contributed by atoms with Crippen LogP contribution in [-0.2, 0) is 0 Å². The zero-order valence-electron chi connectivity index (χ0n) is 17.0. The fraction of sp³-hybridized carbons (Fsp3) is 0.318. The molecule has 1 aliphatic rings. The molecule has 0 aliphatic carbocycles. The highest BCUT2D eigenvalue weighted by atomic mass is 16.5. The zero-order valence-corrected chi connectivity index (χ0v) is 17.0. The molecule has 2 heterocycles. The number of urea groups is 1. The van der Waals surface area contributed by atoms with Crippen molar-refractivity contribution in [2.75, 3.05) is 26.1 Å². The van der Waals surface area contributed by atoms with Gasteiger partial charge in [-0.05, 0) is 31.4 Å². The van der Waals surface area contributed by atoms with Gasteiger partial charge >= 0.3 is 6.03 Å². The second-order valence-electron chi connectivity index (χ2n) is 7.02. The van der Waals surface area contributed by atoms with E-state index in [1.807, 2.05) is 30.3 Å². The van der Waals surface area contributed by atoms with Gasteiger partial charge in [-0.1, -0.05) is 35.5 Å². The lowest BCUT2D eigenvalue weighted by Gasteiger charge is -2.33. The molecule has 0 radical (unpaired) electrons. The van der Waals surface area contributed by atoms with Gasteiger partial charge in [-0.2, -0.15) is 4.98 Å². The van der Waals surface area contributed by atoms with Crippen LogP contribution in [-0.4, -0.2) is 41.8 Å². The summed E-state index contributed by atoms with van der Waals surface area (Å²) >= 11 is 0. The first-order valence-electron chi connectivity index (χ1n) is 9.88. The van der Waals surface area contributed by atoms with Crippen LogP contribution in [0.4, 0.5) is 10.5 Å². The van der Waals surface area contributed by atoms with Crippen molar-refractivity contribution in [2.45, 2.75) is 25.3 Å². The molecule has 3 aromatic rings. The molecule has 0 spiro atoms. The number of likely N-dealkylation sites (tertiary alicyclic amines) is 1. The third-order valence-corrected chi connectivity index (χ3v) is 5.17. The molecule has 1 fully saturated rings. The molecule has 0 saturated carbocycles. The molecule has 2 aromatic carbocycles. The average molecular weight is 408 g/mol.